The van der Waals surface area contributed by atoms with Gasteiger partial charge in [0.05, 0.1) is 25.8 Å². The minimum Gasteiger partial charge on any atom is -0.464 e. The van der Waals surface area contributed by atoms with Crippen molar-refractivity contribution in [2.45, 2.75) is 103 Å². The number of esters is 1. The Kier molecular flexibility index (Phi) is 16.2. The molecule has 5 atom stereocenters. The second-order valence-electron chi connectivity index (χ2n) is 13.6. The molecule has 1 aromatic rings. The van der Waals surface area contributed by atoms with E-state index >= 15 is 0 Å². The summed E-state index contributed by atoms with van der Waals surface area (Å²) in [5, 5.41) is 21.5. The highest BCUT2D eigenvalue weighted by Gasteiger charge is 2.39. The van der Waals surface area contributed by atoms with E-state index in [-0.39, 0.29) is 31.5 Å². The Bertz CT molecular complexity index is 1340. The molecule has 3 rings (SSSR count). The first kappa shape index (κ1) is 40.0. The van der Waals surface area contributed by atoms with Crippen molar-refractivity contribution in [3.8, 4) is 0 Å². The van der Waals surface area contributed by atoms with Gasteiger partial charge in [-0.25, -0.2) is 9.59 Å². The third kappa shape index (κ3) is 12.8. The summed E-state index contributed by atoms with van der Waals surface area (Å²) in [4.78, 5) is 79.9. The van der Waals surface area contributed by atoms with E-state index in [2.05, 4.69) is 21.3 Å². The average Bonchev–Trinajstić information content (AvgIpc) is 3.59. The number of hydrogen-bond donors (Lipinski definition) is 5. The predicted octanol–water partition coefficient (Wildman–Crippen LogP) is 2.27. The smallest absolute Gasteiger partial charge is 0.407 e. The van der Waals surface area contributed by atoms with Gasteiger partial charge in [0.25, 0.3) is 5.91 Å². The van der Waals surface area contributed by atoms with Gasteiger partial charge >= 0.3 is 12.1 Å². The lowest BCUT2D eigenvalue weighted by Gasteiger charge is -2.31. The van der Waals surface area contributed by atoms with Crippen LogP contribution in [-0.4, -0.2) is 96.2 Å². The number of nitrogens with one attached hydrogen (secondary N) is 4. The van der Waals surface area contributed by atoms with Crippen LogP contribution >= 0.6 is 0 Å². The molecule has 1 fully saturated rings. The van der Waals surface area contributed by atoms with Gasteiger partial charge in [0.15, 0.2) is 12.1 Å². The molecule has 0 radical (unpaired) electrons. The van der Waals surface area contributed by atoms with E-state index in [0.29, 0.717) is 50.6 Å². The van der Waals surface area contributed by atoms with Crippen LogP contribution in [0.5, 0.6) is 0 Å². The fourth-order valence-electron chi connectivity index (χ4n) is 5.65. The maximum atomic E-state index is 13.6. The highest BCUT2D eigenvalue weighted by Crippen LogP contribution is 2.21. The van der Waals surface area contributed by atoms with E-state index in [1.165, 1.54) is 4.90 Å². The second-order valence-corrected chi connectivity index (χ2v) is 13.6. The summed E-state index contributed by atoms with van der Waals surface area (Å²) in [7, 11) is 0. The molecule has 5 N–H and O–H groups in total. The highest BCUT2D eigenvalue weighted by molar-refractivity contribution is 5.93. The van der Waals surface area contributed by atoms with Gasteiger partial charge in [-0.15, -0.1) is 0 Å². The molecule has 2 aliphatic heterocycles. The maximum Gasteiger partial charge on any atom is 0.407 e. The van der Waals surface area contributed by atoms with Crippen molar-refractivity contribution in [3.05, 3.63) is 48.0 Å². The summed E-state index contributed by atoms with van der Waals surface area (Å²) in [6.07, 6.45) is 4.54. The monoisotopic (exact) mass is 699 g/mol. The zero-order valence-electron chi connectivity index (χ0n) is 29.5. The standard InChI is InChI=1S/C36H53N5O9/c1-23(2)21-49-35(47)30(25-14-9-8-10-15-25)40-29(42)20-37-33(45)31(43)26-16-11-6-5-7-12-17-27(39-36(48)50-22-24(3)4)34(46)41-19-13-18-28(41)32(44)38-26/h5,7-10,14-15,23-24,26-28,30-31,43H,6,11-13,16-22H2,1-4H3,(H,37,45)(H,38,44)(H,39,48)(H,40,42)/b7-5-/t26-,27-,28-,30-,31?/m0/s1. The summed E-state index contributed by atoms with van der Waals surface area (Å²) >= 11 is 0. The van der Waals surface area contributed by atoms with Crippen molar-refractivity contribution in [2.75, 3.05) is 26.3 Å². The quantitative estimate of drug-likeness (QED) is 0.161. The zero-order valence-corrected chi connectivity index (χ0v) is 29.5. The topological polar surface area (TPSA) is 192 Å². The highest BCUT2D eigenvalue weighted by atomic mass is 16.5. The van der Waals surface area contributed by atoms with Crippen LogP contribution in [0.2, 0.25) is 0 Å². The van der Waals surface area contributed by atoms with Gasteiger partial charge in [-0.1, -0.05) is 70.2 Å². The van der Waals surface area contributed by atoms with Crippen molar-refractivity contribution in [1.82, 2.24) is 26.2 Å². The number of rotatable bonds is 12. The summed E-state index contributed by atoms with van der Waals surface area (Å²) in [5.74, 6) is -2.93. The van der Waals surface area contributed by atoms with Gasteiger partial charge in [-0.05, 0) is 62.3 Å². The Balaban J connectivity index is 1.66. The Morgan fingerprint density at radius 2 is 1.60 bits per heavy atom. The van der Waals surface area contributed by atoms with E-state index in [0.717, 1.165) is 0 Å². The molecule has 1 saturated heterocycles. The fraction of sp³-hybridized carbons (Fsp3) is 0.611. The van der Waals surface area contributed by atoms with Crippen LogP contribution in [0.3, 0.4) is 0 Å². The largest absolute Gasteiger partial charge is 0.464 e. The molecule has 14 nitrogen and oxygen atoms in total. The molecule has 0 saturated carbocycles. The first-order valence-electron chi connectivity index (χ1n) is 17.5. The number of aliphatic hydroxyl groups excluding tert-OH is 1. The minimum absolute atomic E-state index is 0.0874. The SMILES string of the molecule is CC(C)COC(=O)N[C@H]1CC/C=C\CCC[C@@H](C(O)C(=O)NCC(=O)N[C@H](C(=O)OCC(C)C)c2ccccc2)NC(=O)[C@@H]2CCCN2C1=O. The number of alkyl carbamates (subject to hydrolysis) is 1. The maximum absolute atomic E-state index is 13.6. The summed E-state index contributed by atoms with van der Waals surface area (Å²) in [6, 6.07) is 4.70. The lowest BCUT2D eigenvalue weighted by molar-refractivity contribution is -0.149. The van der Waals surface area contributed by atoms with Crippen LogP contribution in [-0.2, 0) is 33.4 Å². The summed E-state index contributed by atoms with van der Waals surface area (Å²) in [5.41, 5.74) is 0.505. The van der Waals surface area contributed by atoms with Crippen molar-refractivity contribution in [1.29, 1.82) is 0 Å². The molecule has 1 aromatic carbocycles. The van der Waals surface area contributed by atoms with Gasteiger partial charge < -0.3 is 40.7 Å². The molecule has 2 aliphatic rings. The lowest BCUT2D eigenvalue weighted by atomic mass is 10.0. The number of fused-ring (bicyclic) bond motifs is 1. The zero-order chi connectivity index (χ0) is 36.6. The molecule has 276 valence electrons. The van der Waals surface area contributed by atoms with Crippen molar-refractivity contribution < 1.29 is 43.3 Å². The van der Waals surface area contributed by atoms with E-state index in [9.17, 15) is 33.9 Å². The second kappa shape index (κ2) is 20.3. The number of amides is 5. The van der Waals surface area contributed by atoms with Crippen LogP contribution in [0.4, 0.5) is 4.79 Å². The van der Waals surface area contributed by atoms with E-state index in [1.54, 1.807) is 30.3 Å². The summed E-state index contributed by atoms with van der Waals surface area (Å²) < 4.78 is 10.6. The molecule has 0 bridgehead atoms. The number of ether oxygens (including phenoxy) is 2. The van der Waals surface area contributed by atoms with Gasteiger partial charge in [0, 0.05) is 6.54 Å². The minimum atomic E-state index is -1.71. The molecule has 1 unspecified atom stereocenters. The summed E-state index contributed by atoms with van der Waals surface area (Å²) in [6.45, 7) is 7.72. The molecule has 50 heavy (non-hydrogen) atoms. The van der Waals surface area contributed by atoms with E-state index in [1.807, 2.05) is 39.8 Å². The number of aliphatic hydroxyl groups is 1. The number of benzene rings is 1. The van der Waals surface area contributed by atoms with Gasteiger partial charge in [-0.2, -0.15) is 0 Å². The predicted molar refractivity (Wildman–Crippen MR) is 184 cm³/mol. The third-order valence-electron chi connectivity index (χ3n) is 8.28. The molecule has 14 heteroatoms. The van der Waals surface area contributed by atoms with Gasteiger partial charge in [-0.3, -0.25) is 19.2 Å². The molecule has 0 aromatic heterocycles. The average molecular weight is 700 g/mol. The third-order valence-corrected chi connectivity index (χ3v) is 8.28. The van der Waals surface area contributed by atoms with Gasteiger partial charge in [0.2, 0.25) is 17.7 Å². The molecule has 0 spiro atoms. The fourth-order valence-corrected chi connectivity index (χ4v) is 5.65. The Morgan fingerprint density at radius 1 is 0.920 bits per heavy atom. The number of carbonyl (C=O) groups excluding carboxylic acids is 6. The lowest BCUT2D eigenvalue weighted by Crippen LogP contribution is -2.57. The number of hydrogen-bond acceptors (Lipinski definition) is 9. The van der Waals surface area contributed by atoms with Crippen molar-refractivity contribution in [2.24, 2.45) is 11.8 Å². The van der Waals surface area contributed by atoms with Crippen LogP contribution in [0.25, 0.3) is 0 Å². The number of allylic oxidation sites excluding steroid dienone is 2. The van der Waals surface area contributed by atoms with Crippen LogP contribution in [0, 0.1) is 11.8 Å². The first-order valence-corrected chi connectivity index (χ1v) is 17.5. The molecule has 0 aliphatic carbocycles. The first-order chi connectivity index (χ1) is 23.9. The molecular formula is C36H53N5O9. The molecule has 5 amide bonds. The van der Waals surface area contributed by atoms with Crippen molar-refractivity contribution in [3.63, 3.8) is 0 Å². The normalized spacial score (nSPS) is 22.0. The van der Waals surface area contributed by atoms with Crippen LogP contribution in [0.15, 0.2) is 42.5 Å². The Hall–Kier alpha value is -4.46. The van der Waals surface area contributed by atoms with E-state index in [4.69, 9.17) is 9.47 Å². The molecular weight excluding hydrogens is 646 g/mol. The Labute approximate surface area is 294 Å². The molecule has 2 heterocycles. The number of carbonyl (C=O) groups is 6. The Morgan fingerprint density at radius 3 is 2.30 bits per heavy atom. The van der Waals surface area contributed by atoms with E-state index < -0.39 is 72.5 Å². The number of nitrogens with zero attached hydrogens (tertiary/aromatic N) is 1. The van der Waals surface area contributed by atoms with Gasteiger partial charge in [0.1, 0.15) is 12.1 Å². The van der Waals surface area contributed by atoms with Crippen LogP contribution < -0.4 is 21.3 Å². The van der Waals surface area contributed by atoms with Crippen LogP contribution in [0.1, 0.15) is 84.2 Å². The van der Waals surface area contributed by atoms with Crippen molar-refractivity contribution >= 4 is 35.7 Å².